The van der Waals surface area contributed by atoms with Crippen molar-refractivity contribution in [2.75, 3.05) is 0 Å². The lowest BCUT2D eigenvalue weighted by Crippen LogP contribution is -2.22. The van der Waals surface area contributed by atoms with Crippen molar-refractivity contribution in [1.82, 2.24) is 10.3 Å². The first kappa shape index (κ1) is 13.0. The van der Waals surface area contributed by atoms with Crippen LogP contribution in [-0.4, -0.2) is 11.0 Å². The normalized spacial score (nSPS) is 11.4. The summed E-state index contributed by atoms with van der Waals surface area (Å²) in [7, 11) is 0. The van der Waals surface area contributed by atoms with Gasteiger partial charge in [-0.3, -0.25) is 4.98 Å². The first-order valence-corrected chi connectivity index (χ1v) is 6.73. The molecule has 0 amide bonds. The van der Waals surface area contributed by atoms with E-state index in [4.69, 9.17) is 4.98 Å². The average molecular weight is 242 g/mol. The van der Waals surface area contributed by atoms with E-state index in [-0.39, 0.29) is 0 Å². The average Bonchev–Trinajstić information content (AvgIpc) is 2.35. The van der Waals surface area contributed by atoms with Gasteiger partial charge in [0.25, 0.3) is 0 Å². The van der Waals surface area contributed by atoms with Gasteiger partial charge >= 0.3 is 0 Å². The van der Waals surface area contributed by atoms with Crippen LogP contribution in [-0.2, 0) is 13.0 Å². The molecule has 1 N–H and O–H groups in total. The van der Waals surface area contributed by atoms with Crippen molar-refractivity contribution in [1.29, 1.82) is 0 Å². The zero-order valence-electron chi connectivity index (χ0n) is 11.7. The summed E-state index contributed by atoms with van der Waals surface area (Å²) < 4.78 is 0. The van der Waals surface area contributed by atoms with E-state index in [0.29, 0.717) is 6.04 Å². The Kier molecular flexibility index (Phi) is 3.97. The van der Waals surface area contributed by atoms with Crippen molar-refractivity contribution < 1.29 is 0 Å². The topological polar surface area (TPSA) is 24.9 Å². The van der Waals surface area contributed by atoms with E-state index in [1.54, 1.807) is 0 Å². The van der Waals surface area contributed by atoms with Crippen LogP contribution in [0.4, 0.5) is 0 Å². The van der Waals surface area contributed by atoms with Crippen molar-refractivity contribution in [3.8, 4) is 0 Å². The van der Waals surface area contributed by atoms with Gasteiger partial charge in [-0.1, -0.05) is 39.0 Å². The summed E-state index contributed by atoms with van der Waals surface area (Å²) in [6, 6.07) is 9.18. The highest BCUT2D eigenvalue weighted by atomic mass is 14.9. The number of nitrogens with zero attached hydrogens (tertiary/aromatic N) is 1. The molecule has 18 heavy (non-hydrogen) atoms. The van der Waals surface area contributed by atoms with E-state index >= 15 is 0 Å². The van der Waals surface area contributed by atoms with Gasteiger partial charge in [-0.25, -0.2) is 0 Å². The number of fused-ring (bicyclic) bond motifs is 1. The summed E-state index contributed by atoms with van der Waals surface area (Å²) in [5, 5.41) is 4.78. The van der Waals surface area contributed by atoms with Crippen molar-refractivity contribution >= 4 is 10.9 Å². The molecule has 0 spiro atoms. The highest BCUT2D eigenvalue weighted by molar-refractivity contribution is 5.85. The number of benzene rings is 1. The third-order valence-electron chi connectivity index (χ3n) is 3.22. The van der Waals surface area contributed by atoms with E-state index in [1.165, 1.54) is 22.0 Å². The van der Waals surface area contributed by atoms with Crippen LogP contribution < -0.4 is 5.32 Å². The largest absolute Gasteiger partial charge is 0.310 e. The van der Waals surface area contributed by atoms with Gasteiger partial charge in [0.2, 0.25) is 0 Å². The minimum Gasteiger partial charge on any atom is -0.310 e. The van der Waals surface area contributed by atoms with Gasteiger partial charge in [0.15, 0.2) is 0 Å². The van der Waals surface area contributed by atoms with Crippen LogP contribution in [0.15, 0.2) is 24.3 Å². The van der Waals surface area contributed by atoms with Gasteiger partial charge in [0, 0.05) is 23.7 Å². The maximum atomic E-state index is 4.71. The maximum absolute atomic E-state index is 4.71. The van der Waals surface area contributed by atoms with Gasteiger partial charge in [-0.2, -0.15) is 0 Å². The summed E-state index contributed by atoms with van der Waals surface area (Å²) in [4.78, 5) is 4.71. The lowest BCUT2D eigenvalue weighted by Gasteiger charge is -2.13. The molecule has 0 saturated heterocycles. The Hall–Kier alpha value is -1.41. The number of para-hydroxylation sites is 1. The number of aromatic nitrogens is 1. The van der Waals surface area contributed by atoms with Crippen molar-refractivity contribution in [3.63, 3.8) is 0 Å². The van der Waals surface area contributed by atoms with Gasteiger partial charge in [0.05, 0.1) is 5.52 Å². The third-order valence-corrected chi connectivity index (χ3v) is 3.22. The molecule has 2 aromatic rings. The molecule has 1 aromatic carbocycles. The molecule has 0 aliphatic heterocycles. The standard InChI is InChI=1S/C16H22N2/c1-5-13-7-6-8-15-14(10-17-11(2)3)9-12(4)18-16(13)15/h6-9,11,17H,5,10H2,1-4H3. The molecule has 0 unspecified atom stereocenters. The van der Waals surface area contributed by atoms with Gasteiger partial charge in [-0.15, -0.1) is 0 Å². The number of pyridine rings is 1. The minimum atomic E-state index is 0.503. The minimum absolute atomic E-state index is 0.503. The highest BCUT2D eigenvalue weighted by Gasteiger charge is 2.07. The fraction of sp³-hybridized carbons (Fsp3) is 0.438. The van der Waals surface area contributed by atoms with Gasteiger partial charge < -0.3 is 5.32 Å². The quantitative estimate of drug-likeness (QED) is 0.886. The fourth-order valence-electron chi connectivity index (χ4n) is 2.27. The third kappa shape index (κ3) is 2.70. The molecule has 1 heterocycles. The second kappa shape index (κ2) is 5.49. The Labute approximate surface area is 109 Å². The zero-order valence-corrected chi connectivity index (χ0v) is 11.7. The first-order valence-electron chi connectivity index (χ1n) is 6.73. The molecular formula is C16H22N2. The molecule has 2 rings (SSSR count). The number of hydrogen-bond donors (Lipinski definition) is 1. The Morgan fingerprint density at radius 3 is 2.67 bits per heavy atom. The summed E-state index contributed by atoms with van der Waals surface area (Å²) in [6.45, 7) is 9.52. The molecule has 0 aliphatic carbocycles. The molecule has 0 fully saturated rings. The second-order valence-corrected chi connectivity index (χ2v) is 5.13. The lowest BCUT2D eigenvalue weighted by atomic mass is 10.0. The van der Waals surface area contributed by atoms with Crippen LogP contribution >= 0.6 is 0 Å². The highest BCUT2D eigenvalue weighted by Crippen LogP contribution is 2.22. The molecule has 2 heteroatoms. The zero-order chi connectivity index (χ0) is 13.1. The first-order chi connectivity index (χ1) is 8.61. The van der Waals surface area contributed by atoms with Gasteiger partial charge in [0.1, 0.15) is 0 Å². The molecule has 1 aromatic heterocycles. The van der Waals surface area contributed by atoms with E-state index < -0.39 is 0 Å². The summed E-state index contributed by atoms with van der Waals surface area (Å²) in [5.41, 5.74) is 4.95. The molecule has 0 bridgehead atoms. The van der Waals surface area contributed by atoms with E-state index in [1.807, 2.05) is 0 Å². The van der Waals surface area contributed by atoms with Crippen molar-refractivity contribution in [2.45, 2.75) is 46.7 Å². The second-order valence-electron chi connectivity index (χ2n) is 5.13. The predicted octanol–water partition coefficient (Wildman–Crippen LogP) is 3.60. The van der Waals surface area contributed by atoms with Crippen molar-refractivity contribution in [2.24, 2.45) is 0 Å². The maximum Gasteiger partial charge on any atom is 0.0740 e. The fourth-order valence-corrected chi connectivity index (χ4v) is 2.27. The molecule has 0 atom stereocenters. The Morgan fingerprint density at radius 1 is 1.22 bits per heavy atom. The van der Waals surface area contributed by atoms with E-state index in [9.17, 15) is 0 Å². The van der Waals surface area contributed by atoms with Crippen LogP contribution in [0, 0.1) is 6.92 Å². The molecular weight excluding hydrogens is 220 g/mol. The van der Waals surface area contributed by atoms with Crippen LogP contribution in [0.25, 0.3) is 10.9 Å². The molecule has 2 nitrogen and oxygen atoms in total. The molecule has 0 aliphatic rings. The molecule has 96 valence electrons. The van der Waals surface area contributed by atoms with E-state index in [2.05, 4.69) is 57.3 Å². The number of aryl methyl sites for hydroxylation is 2. The Morgan fingerprint density at radius 2 is 2.00 bits per heavy atom. The predicted molar refractivity (Wildman–Crippen MR) is 77.8 cm³/mol. The summed E-state index contributed by atoms with van der Waals surface area (Å²) >= 11 is 0. The Balaban J connectivity index is 2.52. The van der Waals surface area contributed by atoms with Crippen LogP contribution in [0.1, 0.15) is 37.6 Å². The SMILES string of the molecule is CCc1cccc2c(CNC(C)C)cc(C)nc12. The monoisotopic (exact) mass is 242 g/mol. The van der Waals surface area contributed by atoms with Gasteiger partial charge in [-0.05, 0) is 30.5 Å². The van der Waals surface area contributed by atoms with Crippen LogP contribution in [0.2, 0.25) is 0 Å². The summed E-state index contributed by atoms with van der Waals surface area (Å²) in [6.07, 6.45) is 1.03. The number of nitrogens with one attached hydrogen (secondary N) is 1. The van der Waals surface area contributed by atoms with E-state index in [0.717, 1.165) is 18.7 Å². The Bertz CT molecular complexity index is 544. The summed E-state index contributed by atoms with van der Waals surface area (Å²) in [5.74, 6) is 0. The molecule has 0 radical (unpaired) electrons. The molecule has 0 saturated carbocycles. The number of hydrogen-bond acceptors (Lipinski definition) is 2. The van der Waals surface area contributed by atoms with Crippen LogP contribution in [0.5, 0.6) is 0 Å². The number of rotatable bonds is 4. The smallest absolute Gasteiger partial charge is 0.0740 e. The van der Waals surface area contributed by atoms with Crippen LogP contribution in [0.3, 0.4) is 0 Å². The van der Waals surface area contributed by atoms with Crippen molar-refractivity contribution in [3.05, 3.63) is 41.1 Å². The lowest BCUT2D eigenvalue weighted by molar-refractivity contribution is 0.590.